The molecule has 1 aliphatic rings. The van der Waals surface area contributed by atoms with E-state index in [1.165, 1.54) is 0 Å². The quantitative estimate of drug-likeness (QED) is 0.677. The van der Waals surface area contributed by atoms with Crippen LogP contribution in [0.4, 0.5) is 5.69 Å². The van der Waals surface area contributed by atoms with Gasteiger partial charge in [0.15, 0.2) is 5.11 Å². The number of carbonyl (C=O) groups is 1. The monoisotopic (exact) mass is 342 g/mol. The number of carbonyl (C=O) groups excluding carboxylic acids is 1. The van der Waals surface area contributed by atoms with Crippen molar-refractivity contribution in [2.75, 3.05) is 11.5 Å². The number of furan rings is 1. The minimum Gasteiger partial charge on any atom is -0.467 e. The second kappa shape index (κ2) is 6.88. The normalized spacial score (nSPS) is 17.7. The lowest BCUT2D eigenvalue weighted by Gasteiger charge is -2.36. The molecule has 6 heteroatoms. The zero-order chi connectivity index (χ0) is 17.1. The lowest BCUT2D eigenvalue weighted by molar-refractivity contribution is -0.139. The van der Waals surface area contributed by atoms with Crippen molar-refractivity contribution in [2.24, 2.45) is 0 Å². The third kappa shape index (κ3) is 2.92. The van der Waals surface area contributed by atoms with Gasteiger partial charge in [0.1, 0.15) is 11.8 Å². The zero-order valence-electron chi connectivity index (χ0n) is 13.5. The van der Waals surface area contributed by atoms with Crippen molar-refractivity contribution in [3.05, 3.63) is 65.8 Å². The van der Waals surface area contributed by atoms with Crippen molar-refractivity contribution in [1.29, 1.82) is 0 Å². The molecule has 0 fully saturated rings. The van der Waals surface area contributed by atoms with Crippen LogP contribution in [0, 0.1) is 0 Å². The summed E-state index contributed by atoms with van der Waals surface area (Å²) in [6.45, 7) is 3.95. The molecular formula is C18H18N2O3S. The van der Waals surface area contributed by atoms with Gasteiger partial charge in [0.25, 0.3) is 0 Å². The number of nitrogens with one attached hydrogen (secondary N) is 1. The number of ether oxygens (including phenoxy) is 1. The number of para-hydroxylation sites is 1. The Balaban J connectivity index is 2.11. The Bertz CT molecular complexity index is 769. The maximum Gasteiger partial charge on any atom is 0.338 e. The summed E-state index contributed by atoms with van der Waals surface area (Å²) in [5.41, 5.74) is 2.10. The molecule has 0 saturated carbocycles. The lowest BCUT2D eigenvalue weighted by atomic mass is 9.99. The van der Waals surface area contributed by atoms with E-state index in [1.807, 2.05) is 48.2 Å². The number of benzene rings is 1. The number of rotatable bonds is 4. The molecule has 5 nitrogen and oxygen atoms in total. The molecule has 2 heterocycles. The van der Waals surface area contributed by atoms with E-state index < -0.39 is 6.04 Å². The Hall–Kier alpha value is -2.60. The van der Waals surface area contributed by atoms with Gasteiger partial charge in [0.2, 0.25) is 0 Å². The van der Waals surface area contributed by atoms with E-state index >= 15 is 0 Å². The number of nitrogens with zero attached hydrogens (tertiary/aromatic N) is 1. The standard InChI is InChI=1S/C18H18N2O3S/c1-3-22-17(21)15-12(2)20(13-8-5-4-6-9-13)18(24)19-16(15)14-10-7-11-23-14/h4-11,16H,3H2,1-2H3,(H,19,24)/t16-/m1/s1. The average molecular weight is 342 g/mol. The van der Waals surface area contributed by atoms with E-state index in [0.29, 0.717) is 23.1 Å². The molecule has 1 aliphatic heterocycles. The van der Waals surface area contributed by atoms with Crippen LogP contribution in [-0.2, 0) is 9.53 Å². The van der Waals surface area contributed by atoms with E-state index in [4.69, 9.17) is 21.4 Å². The molecule has 1 N–H and O–H groups in total. The van der Waals surface area contributed by atoms with Gasteiger partial charge in [-0.15, -0.1) is 0 Å². The summed E-state index contributed by atoms with van der Waals surface area (Å²) in [5, 5.41) is 3.70. The third-order valence-corrected chi connectivity index (χ3v) is 4.12. The number of esters is 1. The summed E-state index contributed by atoms with van der Waals surface area (Å²) >= 11 is 5.53. The van der Waals surface area contributed by atoms with E-state index in [0.717, 1.165) is 11.4 Å². The van der Waals surface area contributed by atoms with Gasteiger partial charge in [0.05, 0.1) is 18.4 Å². The van der Waals surface area contributed by atoms with Crippen molar-refractivity contribution >= 4 is 29.0 Å². The van der Waals surface area contributed by atoms with Crippen LogP contribution in [-0.4, -0.2) is 17.7 Å². The van der Waals surface area contributed by atoms with E-state index in [9.17, 15) is 4.79 Å². The lowest BCUT2D eigenvalue weighted by Crippen LogP contribution is -2.48. The maximum atomic E-state index is 12.6. The van der Waals surface area contributed by atoms with Crippen molar-refractivity contribution in [1.82, 2.24) is 5.32 Å². The van der Waals surface area contributed by atoms with Crippen molar-refractivity contribution in [3.63, 3.8) is 0 Å². The fourth-order valence-corrected chi connectivity index (χ4v) is 3.13. The number of allylic oxidation sites excluding steroid dienone is 1. The van der Waals surface area contributed by atoms with E-state index in [1.54, 1.807) is 19.3 Å². The highest BCUT2D eigenvalue weighted by atomic mass is 32.1. The fourth-order valence-electron chi connectivity index (χ4n) is 2.77. The predicted molar refractivity (Wildman–Crippen MR) is 95.4 cm³/mol. The highest BCUT2D eigenvalue weighted by Crippen LogP contribution is 2.34. The average Bonchev–Trinajstić information content (AvgIpc) is 3.10. The van der Waals surface area contributed by atoms with Crippen LogP contribution >= 0.6 is 12.2 Å². The van der Waals surface area contributed by atoms with Crippen LogP contribution < -0.4 is 10.2 Å². The molecule has 1 atom stereocenters. The number of thiocarbonyl (C=S) groups is 1. The topological polar surface area (TPSA) is 54.7 Å². The molecule has 1 aromatic carbocycles. The van der Waals surface area contributed by atoms with Crippen molar-refractivity contribution < 1.29 is 13.9 Å². The molecule has 0 bridgehead atoms. The molecule has 124 valence electrons. The largest absolute Gasteiger partial charge is 0.467 e. The summed E-state index contributed by atoms with van der Waals surface area (Å²) in [4.78, 5) is 14.4. The second-order valence-electron chi connectivity index (χ2n) is 5.29. The summed E-state index contributed by atoms with van der Waals surface area (Å²) < 4.78 is 10.7. The first-order valence-electron chi connectivity index (χ1n) is 7.70. The molecule has 0 saturated heterocycles. The molecule has 1 aromatic heterocycles. The number of hydrogen-bond acceptors (Lipinski definition) is 4. The van der Waals surface area contributed by atoms with Crippen LogP contribution in [0.15, 0.2) is 64.4 Å². The zero-order valence-corrected chi connectivity index (χ0v) is 14.3. The van der Waals surface area contributed by atoms with Gasteiger partial charge < -0.3 is 14.5 Å². The van der Waals surface area contributed by atoms with Gasteiger partial charge in [0, 0.05) is 11.4 Å². The van der Waals surface area contributed by atoms with Crippen LogP contribution in [0.2, 0.25) is 0 Å². The molecule has 0 radical (unpaired) electrons. The van der Waals surface area contributed by atoms with Gasteiger partial charge in [-0.25, -0.2) is 4.79 Å². The summed E-state index contributed by atoms with van der Waals surface area (Å²) in [6, 6.07) is 12.8. The summed E-state index contributed by atoms with van der Waals surface area (Å²) in [6.07, 6.45) is 1.57. The molecule has 3 rings (SSSR count). The molecule has 0 aliphatic carbocycles. The smallest absolute Gasteiger partial charge is 0.338 e. The molecular weight excluding hydrogens is 324 g/mol. The molecule has 0 unspecified atom stereocenters. The highest BCUT2D eigenvalue weighted by Gasteiger charge is 2.36. The van der Waals surface area contributed by atoms with Gasteiger partial charge in [-0.1, -0.05) is 18.2 Å². The Morgan fingerprint density at radius 2 is 2.04 bits per heavy atom. The van der Waals surface area contributed by atoms with Crippen LogP contribution in [0.5, 0.6) is 0 Å². The van der Waals surface area contributed by atoms with E-state index in [2.05, 4.69) is 5.32 Å². The Morgan fingerprint density at radius 1 is 1.29 bits per heavy atom. The minimum atomic E-state index is -0.466. The van der Waals surface area contributed by atoms with Gasteiger partial charge >= 0.3 is 5.97 Å². The van der Waals surface area contributed by atoms with Crippen LogP contribution in [0.1, 0.15) is 25.6 Å². The molecule has 24 heavy (non-hydrogen) atoms. The minimum absolute atomic E-state index is 0.302. The summed E-state index contributed by atoms with van der Waals surface area (Å²) in [7, 11) is 0. The Morgan fingerprint density at radius 3 is 2.67 bits per heavy atom. The molecule has 0 spiro atoms. The summed E-state index contributed by atoms with van der Waals surface area (Å²) in [5.74, 6) is 0.236. The first kappa shape index (κ1) is 16.3. The Kier molecular flexibility index (Phi) is 4.66. The second-order valence-corrected chi connectivity index (χ2v) is 5.68. The van der Waals surface area contributed by atoms with Gasteiger partial charge in [-0.05, 0) is 50.3 Å². The Labute approximate surface area is 145 Å². The third-order valence-electron chi connectivity index (χ3n) is 3.82. The van der Waals surface area contributed by atoms with Crippen molar-refractivity contribution in [3.8, 4) is 0 Å². The van der Waals surface area contributed by atoms with Gasteiger partial charge in [-0.2, -0.15) is 0 Å². The van der Waals surface area contributed by atoms with Crippen molar-refractivity contribution in [2.45, 2.75) is 19.9 Å². The van der Waals surface area contributed by atoms with Crippen LogP contribution in [0.3, 0.4) is 0 Å². The maximum absolute atomic E-state index is 12.6. The van der Waals surface area contributed by atoms with Crippen LogP contribution in [0.25, 0.3) is 0 Å². The molecule has 0 amide bonds. The SMILES string of the molecule is CCOC(=O)C1=C(C)N(c2ccccc2)C(=S)N[C@@H]1c1ccco1. The highest BCUT2D eigenvalue weighted by molar-refractivity contribution is 7.80. The van der Waals surface area contributed by atoms with Gasteiger partial charge in [-0.3, -0.25) is 4.90 Å². The number of hydrogen-bond donors (Lipinski definition) is 1. The predicted octanol–water partition coefficient (Wildman–Crippen LogP) is 3.55. The number of anilines is 1. The first-order valence-corrected chi connectivity index (χ1v) is 8.11. The van der Waals surface area contributed by atoms with E-state index in [-0.39, 0.29) is 5.97 Å². The molecule has 2 aromatic rings. The fraction of sp³-hybridized carbons (Fsp3) is 0.222. The first-order chi connectivity index (χ1) is 11.6.